The van der Waals surface area contributed by atoms with Crippen molar-refractivity contribution in [2.45, 2.75) is 39.7 Å². The van der Waals surface area contributed by atoms with Crippen molar-refractivity contribution >= 4 is 17.6 Å². The SMILES string of the molecule is Cc1ccnc(NC(=O)C2CCN(C(=O)C(Oc3ccccc3C#N)C(C)C)CC2)c1. The molecule has 0 radical (unpaired) electrons. The molecule has 162 valence electrons. The second kappa shape index (κ2) is 10.1. The Bertz CT molecular complexity index is 975. The van der Waals surface area contributed by atoms with Crippen LogP contribution in [0.3, 0.4) is 0 Å². The van der Waals surface area contributed by atoms with Gasteiger partial charge in [0.05, 0.1) is 5.56 Å². The number of anilines is 1. The number of amides is 2. The van der Waals surface area contributed by atoms with Crippen molar-refractivity contribution in [1.29, 1.82) is 5.26 Å². The smallest absolute Gasteiger partial charge is 0.263 e. The number of rotatable bonds is 6. The minimum atomic E-state index is -0.684. The van der Waals surface area contributed by atoms with Crippen LogP contribution >= 0.6 is 0 Å². The first-order valence-corrected chi connectivity index (χ1v) is 10.6. The Morgan fingerprint density at radius 2 is 1.94 bits per heavy atom. The number of nitrogens with one attached hydrogen (secondary N) is 1. The first-order chi connectivity index (χ1) is 14.9. The number of nitriles is 1. The summed E-state index contributed by atoms with van der Waals surface area (Å²) in [6.07, 6.45) is 2.16. The van der Waals surface area contributed by atoms with Gasteiger partial charge in [-0.3, -0.25) is 9.59 Å². The van der Waals surface area contributed by atoms with Crippen LogP contribution in [0.4, 0.5) is 5.82 Å². The summed E-state index contributed by atoms with van der Waals surface area (Å²) in [5.41, 5.74) is 1.43. The molecule has 2 amide bonds. The number of aromatic nitrogens is 1. The normalized spacial score (nSPS) is 15.3. The number of pyridine rings is 1. The van der Waals surface area contributed by atoms with E-state index in [9.17, 15) is 14.9 Å². The predicted octanol–water partition coefficient (Wildman–Crippen LogP) is 3.54. The molecule has 1 fully saturated rings. The number of nitrogens with zero attached hydrogens (tertiary/aromatic N) is 3. The molecule has 0 bridgehead atoms. The van der Waals surface area contributed by atoms with E-state index < -0.39 is 6.10 Å². The lowest BCUT2D eigenvalue weighted by atomic mass is 9.94. The molecule has 1 aliphatic heterocycles. The van der Waals surface area contributed by atoms with Crippen molar-refractivity contribution in [3.63, 3.8) is 0 Å². The van der Waals surface area contributed by atoms with Crippen molar-refractivity contribution in [2.24, 2.45) is 11.8 Å². The summed E-state index contributed by atoms with van der Waals surface area (Å²) in [6, 6.07) is 12.7. The lowest BCUT2D eigenvalue weighted by Gasteiger charge is -2.34. The zero-order valence-electron chi connectivity index (χ0n) is 18.2. The summed E-state index contributed by atoms with van der Waals surface area (Å²) in [5.74, 6) is 0.563. The van der Waals surface area contributed by atoms with Gasteiger partial charge in [-0.2, -0.15) is 5.26 Å². The van der Waals surface area contributed by atoms with E-state index >= 15 is 0 Å². The summed E-state index contributed by atoms with van der Waals surface area (Å²) in [5, 5.41) is 12.2. The van der Waals surface area contributed by atoms with Crippen molar-refractivity contribution in [3.8, 4) is 11.8 Å². The molecular weight excluding hydrogens is 392 g/mol. The number of piperidine rings is 1. The van der Waals surface area contributed by atoms with E-state index in [1.165, 1.54) is 0 Å². The number of likely N-dealkylation sites (tertiary alicyclic amines) is 1. The van der Waals surface area contributed by atoms with Crippen LogP contribution in [-0.2, 0) is 9.59 Å². The highest BCUT2D eigenvalue weighted by Crippen LogP contribution is 2.24. The van der Waals surface area contributed by atoms with E-state index in [1.54, 1.807) is 35.4 Å². The molecule has 31 heavy (non-hydrogen) atoms. The first-order valence-electron chi connectivity index (χ1n) is 10.6. The van der Waals surface area contributed by atoms with Gasteiger partial charge in [-0.05, 0) is 55.5 Å². The number of benzene rings is 1. The molecule has 0 spiro atoms. The van der Waals surface area contributed by atoms with Gasteiger partial charge in [0, 0.05) is 25.2 Å². The third-order valence-corrected chi connectivity index (χ3v) is 5.45. The molecule has 2 aromatic rings. The Hall–Kier alpha value is -3.40. The number of hydrogen-bond donors (Lipinski definition) is 1. The fraction of sp³-hybridized carbons (Fsp3) is 0.417. The number of carbonyl (C=O) groups excluding carboxylic acids is 2. The lowest BCUT2D eigenvalue weighted by molar-refractivity contribution is -0.143. The quantitative estimate of drug-likeness (QED) is 0.771. The highest BCUT2D eigenvalue weighted by molar-refractivity contribution is 5.92. The highest BCUT2D eigenvalue weighted by atomic mass is 16.5. The lowest BCUT2D eigenvalue weighted by Crippen LogP contribution is -2.49. The molecule has 1 N–H and O–H groups in total. The van der Waals surface area contributed by atoms with Crippen molar-refractivity contribution in [3.05, 3.63) is 53.7 Å². The second-order valence-corrected chi connectivity index (χ2v) is 8.20. The monoisotopic (exact) mass is 420 g/mol. The van der Waals surface area contributed by atoms with Crippen LogP contribution in [0.2, 0.25) is 0 Å². The van der Waals surface area contributed by atoms with Crippen LogP contribution in [0.25, 0.3) is 0 Å². The van der Waals surface area contributed by atoms with Gasteiger partial charge in [0.1, 0.15) is 17.6 Å². The zero-order chi connectivity index (χ0) is 22.4. The van der Waals surface area contributed by atoms with Crippen molar-refractivity contribution < 1.29 is 14.3 Å². The molecule has 1 saturated heterocycles. The minimum absolute atomic E-state index is 0.0623. The molecule has 2 heterocycles. The fourth-order valence-electron chi connectivity index (χ4n) is 3.65. The van der Waals surface area contributed by atoms with Gasteiger partial charge >= 0.3 is 0 Å². The Kier molecular flexibility index (Phi) is 7.24. The van der Waals surface area contributed by atoms with E-state index in [4.69, 9.17) is 4.74 Å². The first kappa shape index (κ1) is 22.3. The Labute approximate surface area is 183 Å². The van der Waals surface area contributed by atoms with Crippen LogP contribution in [-0.4, -0.2) is 40.9 Å². The molecule has 1 aromatic carbocycles. The number of para-hydroxylation sites is 1. The molecule has 3 rings (SSSR count). The molecule has 1 aromatic heterocycles. The maximum Gasteiger partial charge on any atom is 0.263 e. The Morgan fingerprint density at radius 1 is 1.23 bits per heavy atom. The highest BCUT2D eigenvalue weighted by Gasteiger charge is 2.33. The van der Waals surface area contributed by atoms with Crippen LogP contribution in [0.5, 0.6) is 5.75 Å². The van der Waals surface area contributed by atoms with Gasteiger partial charge in [-0.25, -0.2) is 4.98 Å². The van der Waals surface area contributed by atoms with Gasteiger partial charge in [-0.15, -0.1) is 0 Å². The maximum absolute atomic E-state index is 13.2. The zero-order valence-corrected chi connectivity index (χ0v) is 18.2. The van der Waals surface area contributed by atoms with E-state index in [1.807, 2.05) is 32.9 Å². The number of ether oxygens (including phenoxy) is 1. The van der Waals surface area contributed by atoms with Crippen LogP contribution in [0, 0.1) is 30.1 Å². The molecule has 1 unspecified atom stereocenters. The van der Waals surface area contributed by atoms with E-state index in [0.717, 1.165) is 5.56 Å². The third-order valence-electron chi connectivity index (χ3n) is 5.45. The molecule has 7 nitrogen and oxygen atoms in total. The van der Waals surface area contributed by atoms with E-state index in [0.29, 0.717) is 43.1 Å². The number of aryl methyl sites for hydroxylation is 1. The second-order valence-electron chi connectivity index (χ2n) is 8.20. The number of hydrogen-bond acceptors (Lipinski definition) is 5. The average Bonchev–Trinajstić information content (AvgIpc) is 2.77. The van der Waals surface area contributed by atoms with Gasteiger partial charge in [0.15, 0.2) is 6.10 Å². The van der Waals surface area contributed by atoms with E-state index in [2.05, 4.69) is 16.4 Å². The molecule has 7 heteroatoms. The largest absolute Gasteiger partial charge is 0.479 e. The molecular formula is C24H28N4O3. The molecule has 0 saturated carbocycles. The summed E-state index contributed by atoms with van der Waals surface area (Å²) in [4.78, 5) is 31.7. The minimum Gasteiger partial charge on any atom is -0.479 e. The molecule has 0 aliphatic carbocycles. The van der Waals surface area contributed by atoms with Crippen LogP contribution < -0.4 is 10.1 Å². The average molecular weight is 421 g/mol. The topological polar surface area (TPSA) is 95.3 Å². The Morgan fingerprint density at radius 3 is 2.58 bits per heavy atom. The van der Waals surface area contributed by atoms with Crippen LogP contribution in [0.1, 0.15) is 37.8 Å². The molecule has 1 atom stereocenters. The standard InChI is InChI=1S/C24H28N4O3/c1-16(2)22(31-20-7-5-4-6-19(20)15-25)24(30)28-12-9-18(10-13-28)23(29)27-21-14-17(3)8-11-26-21/h4-8,11,14,16,18,22H,9-10,12-13H2,1-3H3,(H,26,27,29). The third kappa shape index (κ3) is 5.60. The molecule has 1 aliphatic rings. The predicted molar refractivity (Wildman–Crippen MR) is 117 cm³/mol. The van der Waals surface area contributed by atoms with Gasteiger partial charge in [0.25, 0.3) is 5.91 Å². The van der Waals surface area contributed by atoms with Gasteiger partial charge in [0.2, 0.25) is 5.91 Å². The number of carbonyl (C=O) groups is 2. The van der Waals surface area contributed by atoms with Gasteiger partial charge in [-0.1, -0.05) is 26.0 Å². The summed E-state index contributed by atoms with van der Waals surface area (Å²) in [7, 11) is 0. The summed E-state index contributed by atoms with van der Waals surface area (Å²) < 4.78 is 5.98. The maximum atomic E-state index is 13.2. The summed E-state index contributed by atoms with van der Waals surface area (Å²) >= 11 is 0. The summed E-state index contributed by atoms with van der Waals surface area (Å²) in [6.45, 7) is 6.78. The Balaban J connectivity index is 1.60. The van der Waals surface area contributed by atoms with Crippen molar-refractivity contribution in [1.82, 2.24) is 9.88 Å². The van der Waals surface area contributed by atoms with E-state index in [-0.39, 0.29) is 23.7 Å². The van der Waals surface area contributed by atoms with Crippen molar-refractivity contribution in [2.75, 3.05) is 18.4 Å². The fourth-order valence-corrected chi connectivity index (χ4v) is 3.65. The van der Waals surface area contributed by atoms with Gasteiger partial charge < -0.3 is 15.0 Å². The van der Waals surface area contributed by atoms with Crippen LogP contribution in [0.15, 0.2) is 42.6 Å².